The molecule has 0 aromatic rings. The average molecular weight is 170 g/mol. The maximum absolute atomic E-state index is 10.5. The van der Waals surface area contributed by atoms with Gasteiger partial charge in [0.2, 0.25) is 0 Å². The van der Waals surface area contributed by atoms with Crippen molar-refractivity contribution in [3.63, 3.8) is 0 Å². The SMILES string of the molecule is CNCC1C=CC(N)C(C=O)O1. The first-order valence-corrected chi connectivity index (χ1v) is 3.97. The highest BCUT2D eigenvalue weighted by Gasteiger charge is 2.23. The maximum Gasteiger partial charge on any atom is 0.150 e. The van der Waals surface area contributed by atoms with Crippen molar-refractivity contribution >= 4 is 6.29 Å². The molecule has 1 heterocycles. The predicted molar refractivity (Wildman–Crippen MR) is 45.8 cm³/mol. The molecule has 0 aromatic heterocycles. The molecule has 0 bridgehead atoms. The number of rotatable bonds is 3. The standard InChI is InChI=1S/C8H14N2O2/c1-10-4-6-2-3-7(9)8(5-11)12-6/h2-3,5-8,10H,4,9H2,1H3. The number of nitrogens with one attached hydrogen (secondary N) is 1. The van der Waals surface area contributed by atoms with Gasteiger partial charge in [-0.15, -0.1) is 0 Å². The van der Waals surface area contributed by atoms with Crippen LogP contribution >= 0.6 is 0 Å². The molecule has 0 fully saturated rings. The number of ether oxygens (including phenoxy) is 1. The van der Waals surface area contributed by atoms with Crippen LogP contribution in [0.5, 0.6) is 0 Å². The summed E-state index contributed by atoms with van der Waals surface area (Å²) in [5.74, 6) is 0. The Morgan fingerprint density at radius 1 is 1.67 bits per heavy atom. The molecule has 1 aliphatic rings. The molecule has 0 saturated carbocycles. The van der Waals surface area contributed by atoms with Crippen LogP contribution in [0.3, 0.4) is 0 Å². The van der Waals surface area contributed by atoms with Gasteiger partial charge < -0.3 is 20.6 Å². The van der Waals surface area contributed by atoms with E-state index in [1.165, 1.54) is 0 Å². The van der Waals surface area contributed by atoms with Gasteiger partial charge >= 0.3 is 0 Å². The summed E-state index contributed by atoms with van der Waals surface area (Å²) >= 11 is 0. The smallest absolute Gasteiger partial charge is 0.150 e. The van der Waals surface area contributed by atoms with Gasteiger partial charge in [0.15, 0.2) is 6.29 Å². The number of carbonyl (C=O) groups is 1. The lowest BCUT2D eigenvalue weighted by molar-refractivity contribution is -0.121. The molecule has 4 nitrogen and oxygen atoms in total. The van der Waals surface area contributed by atoms with Crippen molar-refractivity contribution in [1.29, 1.82) is 0 Å². The van der Waals surface area contributed by atoms with Crippen molar-refractivity contribution in [2.75, 3.05) is 13.6 Å². The number of likely N-dealkylation sites (N-methyl/N-ethyl adjacent to an activating group) is 1. The third-order valence-electron chi connectivity index (χ3n) is 1.80. The Kier molecular flexibility index (Phi) is 3.40. The topological polar surface area (TPSA) is 64.3 Å². The minimum absolute atomic E-state index is 0.0370. The zero-order chi connectivity index (χ0) is 8.97. The van der Waals surface area contributed by atoms with Gasteiger partial charge in [-0.1, -0.05) is 12.2 Å². The van der Waals surface area contributed by atoms with E-state index in [1.807, 2.05) is 19.2 Å². The lowest BCUT2D eigenvalue weighted by atomic mass is 10.1. The molecule has 1 aliphatic heterocycles. The van der Waals surface area contributed by atoms with Crippen LogP contribution in [-0.2, 0) is 9.53 Å². The van der Waals surface area contributed by atoms with Crippen molar-refractivity contribution in [2.45, 2.75) is 18.2 Å². The molecular weight excluding hydrogens is 156 g/mol. The fourth-order valence-electron chi connectivity index (χ4n) is 1.14. The Labute approximate surface area is 71.8 Å². The zero-order valence-electron chi connectivity index (χ0n) is 7.07. The highest BCUT2D eigenvalue weighted by molar-refractivity contribution is 5.58. The lowest BCUT2D eigenvalue weighted by Gasteiger charge is -2.26. The van der Waals surface area contributed by atoms with Gasteiger partial charge in [-0.2, -0.15) is 0 Å². The molecule has 0 saturated heterocycles. The van der Waals surface area contributed by atoms with Crippen molar-refractivity contribution < 1.29 is 9.53 Å². The summed E-state index contributed by atoms with van der Waals surface area (Å²) in [6.45, 7) is 0.702. The molecule has 1 rings (SSSR count). The van der Waals surface area contributed by atoms with Crippen LogP contribution in [0.1, 0.15) is 0 Å². The largest absolute Gasteiger partial charge is 0.360 e. The fourth-order valence-corrected chi connectivity index (χ4v) is 1.14. The van der Waals surface area contributed by atoms with E-state index in [9.17, 15) is 4.79 Å². The fraction of sp³-hybridized carbons (Fsp3) is 0.625. The highest BCUT2D eigenvalue weighted by Crippen LogP contribution is 2.08. The second-order valence-corrected chi connectivity index (χ2v) is 2.80. The second kappa shape index (κ2) is 4.35. The van der Waals surface area contributed by atoms with E-state index in [-0.39, 0.29) is 12.1 Å². The molecule has 4 heteroatoms. The van der Waals surface area contributed by atoms with Crippen molar-refractivity contribution in [3.8, 4) is 0 Å². The molecule has 68 valence electrons. The first-order chi connectivity index (χ1) is 5.77. The Balaban J connectivity index is 2.51. The quantitative estimate of drug-likeness (QED) is 0.423. The van der Waals surface area contributed by atoms with Crippen LogP contribution in [0.25, 0.3) is 0 Å². The van der Waals surface area contributed by atoms with E-state index in [4.69, 9.17) is 10.5 Å². The van der Waals surface area contributed by atoms with Crippen molar-refractivity contribution in [3.05, 3.63) is 12.2 Å². The average Bonchev–Trinajstić information content (AvgIpc) is 2.09. The summed E-state index contributed by atoms with van der Waals surface area (Å²) in [6, 6.07) is -0.296. The minimum atomic E-state index is -0.492. The summed E-state index contributed by atoms with van der Waals surface area (Å²) in [6.07, 6.45) is 3.90. The van der Waals surface area contributed by atoms with Crippen LogP contribution in [0.15, 0.2) is 12.2 Å². The predicted octanol–water partition coefficient (Wildman–Crippen LogP) is -0.944. The van der Waals surface area contributed by atoms with Crippen molar-refractivity contribution in [2.24, 2.45) is 5.73 Å². The number of hydrogen-bond donors (Lipinski definition) is 2. The third kappa shape index (κ3) is 2.14. The van der Waals surface area contributed by atoms with E-state index in [2.05, 4.69) is 5.32 Å². The van der Waals surface area contributed by atoms with Gasteiger partial charge in [0, 0.05) is 6.54 Å². The van der Waals surface area contributed by atoms with Gasteiger partial charge in [-0.3, -0.25) is 0 Å². The molecule has 0 radical (unpaired) electrons. The summed E-state index contributed by atoms with van der Waals surface area (Å²) in [4.78, 5) is 10.5. The van der Waals surface area contributed by atoms with E-state index in [0.717, 1.165) is 6.29 Å². The van der Waals surface area contributed by atoms with E-state index >= 15 is 0 Å². The molecule has 0 spiro atoms. The Morgan fingerprint density at radius 2 is 2.42 bits per heavy atom. The first-order valence-electron chi connectivity index (χ1n) is 3.97. The second-order valence-electron chi connectivity index (χ2n) is 2.80. The van der Waals surface area contributed by atoms with Crippen LogP contribution in [0, 0.1) is 0 Å². The Bertz CT molecular complexity index is 182. The molecular formula is C8H14N2O2. The number of nitrogens with two attached hydrogens (primary N) is 1. The number of hydrogen-bond acceptors (Lipinski definition) is 4. The third-order valence-corrected chi connectivity index (χ3v) is 1.80. The van der Waals surface area contributed by atoms with Gasteiger partial charge in [0.1, 0.15) is 6.10 Å². The van der Waals surface area contributed by atoms with Crippen LogP contribution in [-0.4, -0.2) is 38.1 Å². The highest BCUT2D eigenvalue weighted by atomic mass is 16.5. The van der Waals surface area contributed by atoms with Crippen LogP contribution in [0.4, 0.5) is 0 Å². The summed E-state index contributed by atoms with van der Waals surface area (Å²) in [7, 11) is 1.83. The summed E-state index contributed by atoms with van der Waals surface area (Å²) in [5.41, 5.74) is 5.58. The monoisotopic (exact) mass is 170 g/mol. The molecule has 12 heavy (non-hydrogen) atoms. The Morgan fingerprint density at radius 3 is 3.00 bits per heavy atom. The lowest BCUT2D eigenvalue weighted by Crippen LogP contribution is -2.44. The summed E-state index contributed by atoms with van der Waals surface area (Å²) in [5, 5.41) is 2.96. The van der Waals surface area contributed by atoms with Gasteiger partial charge in [0.05, 0.1) is 12.1 Å². The Hall–Kier alpha value is -0.710. The number of carbonyl (C=O) groups excluding carboxylic acids is 1. The number of aldehydes is 1. The van der Waals surface area contributed by atoms with Gasteiger partial charge in [-0.25, -0.2) is 0 Å². The van der Waals surface area contributed by atoms with Crippen LogP contribution in [0.2, 0.25) is 0 Å². The molecule has 3 unspecified atom stereocenters. The van der Waals surface area contributed by atoms with Crippen molar-refractivity contribution in [1.82, 2.24) is 5.32 Å². The van der Waals surface area contributed by atoms with Gasteiger partial charge in [0.25, 0.3) is 0 Å². The van der Waals surface area contributed by atoms with Gasteiger partial charge in [-0.05, 0) is 7.05 Å². The molecule has 3 atom stereocenters. The molecule has 0 aromatic carbocycles. The van der Waals surface area contributed by atoms with Crippen LogP contribution < -0.4 is 11.1 Å². The maximum atomic E-state index is 10.5. The van der Waals surface area contributed by atoms with E-state index in [1.54, 1.807) is 0 Å². The minimum Gasteiger partial charge on any atom is -0.360 e. The van der Waals surface area contributed by atoms with E-state index in [0.29, 0.717) is 6.54 Å². The summed E-state index contributed by atoms with van der Waals surface area (Å²) < 4.78 is 5.35. The zero-order valence-corrected chi connectivity index (χ0v) is 7.07. The molecule has 0 aliphatic carbocycles. The van der Waals surface area contributed by atoms with E-state index < -0.39 is 6.10 Å². The normalized spacial score (nSPS) is 35.0. The first kappa shape index (κ1) is 9.38. The molecule has 0 amide bonds. The molecule has 3 N–H and O–H groups in total.